The van der Waals surface area contributed by atoms with Gasteiger partial charge >= 0.3 is 0 Å². The molecule has 0 spiro atoms. The fourth-order valence-corrected chi connectivity index (χ4v) is 1.80. The van der Waals surface area contributed by atoms with Crippen LogP contribution in [0.1, 0.15) is 5.56 Å². The highest BCUT2D eigenvalue weighted by Gasteiger charge is 2.04. The van der Waals surface area contributed by atoms with Crippen LogP contribution in [0.4, 0.5) is 11.5 Å². The van der Waals surface area contributed by atoms with Crippen molar-refractivity contribution < 1.29 is 0 Å². The van der Waals surface area contributed by atoms with Crippen molar-refractivity contribution in [2.75, 3.05) is 11.1 Å². The van der Waals surface area contributed by atoms with E-state index in [4.69, 9.17) is 5.73 Å². The van der Waals surface area contributed by atoms with E-state index in [9.17, 15) is 4.79 Å². The maximum atomic E-state index is 11.2. The molecule has 0 unspecified atom stereocenters. The minimum absolute atomic E-state index is 0.0968. The van der Waals surface area contributed by atoms with Crippen molar-refractivity contribution in [3.05, 3.63) is 51.0 Å². The van der Waals surface area contributed by atoms with Crippen LogP contribution in [-0.4, -0.2) is 9.97 Å². The van der Waals surface area contributed by atoms with E-state index < -0.39 is 0 Å². The van der Waals surface area contributed by atoms with E-state index in [1.807, 2.05) is 24.3 Å². The van der Waals surface area contributed by atoms with Gasteiger partial charge in [-0.15, -0.1) is 0 Å². The van der Waals surface area contributed by atoms with Gasteiger partial charge in [-0.2, -0.15) is 0 Å². The lowest BCUT2D eigenvalue weighted by atomic mass is 10.2. The quantitative estimate of drug-likeness (QED) is 0.805. The Morgan fingerprint density at radius 3 is 2.94 bits per heavy atom. The van der Waals surface area contributed by atoms with Crippen molar-refractivity contribution in [3.8, 4) is 0 Å². The van der Waals surface area contributed by atoms with Gasteiger partial charge in [-0.25, -0.2) is 4.98 Å². The van der Waals surface area contributed by atoms with Crippen molar-refractivity contribution in [2.24, 2.45) is 0 Å². The summed E-state index contributed by atoms with van der Waals surface area (Å²) in [5, 5.41) is 3.02. The monoisotopic (exact) mass is 294 g/mol. The third-order valence-corrected chi connectivity index (χ3v) is 3.07. The van der Waals surface area contributed by atoms with Gasteiger partial charge in [-0.05, 0) is 11.6 Å². The summed E-state index contributed by atoms with van der Waals surface area (Å²) in [6, 6.07) is 7.80. The summed E-state index contributed by atoms with van der Waals surface area (Å²) in [5.74, 6) is 0.393. The number of benzene rings is 1. The van der Waals surface area contributed by atoms with Crippen molar-refractivity contribution in [1.82, 2.24) is 9.97 Å². The van der Waals surface area contributed by atoms with Crippen LogP contribution in [0.3, 0.4) is 0 Å². The Bertz CT molecular complexity index is 582. The minimum Gasteiger partial charge on any atom is -0.391 e. The Hall–Kier alpha value is -1.82. The van der Waals surface area contributed by atoms with Gasteiger partial charge in [-0.3, -0.25) is 4.79 Å². The van der Waals surface area contributed by atoms with Crippen LogP contribution in [0.25, 0.3) is 0 Å². The molecule has 17 heavy (non-hydrogen) atoms. The number of aromatic amines is 1. The summed E-state index contributed by atoms with van der Waals surface area (Å²) in [7, 11) is 0. The summed E-state index contributed by atoms with van der Waals surface area (Å²) >= 11 is 3.44. The highest BCUT2D eigenvalue weighted by atomic mass is 79.9. The number of aromatic nitrogens is 2. The molecule has 2 aromatic rings. The third kappa shape index (κ3) is 2.65. The Morgan fingerprint density at radius 2 is 2.18 bits per heavy atom. The van der Waals surface area contributed by atoms with Gasteiger partial charge in [0.1, 0.15) is 5.69 Å². The molecule has 0 aliphatic heterocycles. The molecule has 0 saturated heterocycles. The second kappa shape index (κ2) is 5.01. The van der Waals surface area contributed by atoms with Crippen LogP contribution >= 0.6 is 15.9 Å². The number of rotatable bonds is 3. The number of anilines is 2. The van der Waals surface area contributed by atoms with E-state index in [0.29, 0.717) is 12.4 Å². The van der Waals surface area contributed by atoms with Gasteiger partial charge in [-0.1, -0.05) is 34.1 Å². The predicted octanol–water partition coefficient (Wildman–Crippen LogP) is 1.73. The first kappa shape index (κ1) is 11.7. The van der Waals surface area contributed by atoms with Crippen LogP contribution in [0.15, 0.2) is 39.9 Å². The number of hydrogen-bond acceptors (Lipinski definition) is 4. The maximum Gasteiger partial charge on any atom is 0.276 e. The fraction of sp³-hybridized carbons (Fsp3) is 0.0909. The average molecular weight is 295 g/mol. The van der Waals surface area contributed by atoms with E-state index in [2.05, 4.69) is 31.2 Å². The number of nitrogens with zero attached hydrogens (tertiary/aromatic N) is 1. The minimum atomic E-state index is -0.338. The fourth-order valence-electron chi connectivity index (χ4n) is 1.37. The number of hydrogen-bond donors (Lipinski definition) is 3. The Kier molecular flexibility index (Phi) is 3.43. The molecule has 0 fully saturated rings. The zero-order valence-corrected chi connectivity index (χ0v) is 10.5. The first-order chi connectivity index (χ1) is 8.18. The largest absolute Gasteiger partial charge is 0.391 e. The van der Waals surface area contributed by atoms with E-state index in [1.165, 1.54) is 6.33 Å². The SMILES string of the molecule is Nc1c(NCc2ccccc2Br)nc[nH]c1=O. The van der Waals surface area contributed by atoms with Crippen LogP contribution in [0.2, 0.25) is 0 Å². The molecule has 0 atom stereocenters. The molecule has 1 aromatic carbocycles. The van der Waals surface area contributed by atoms with Crippen molar-refractivity contribution >= 4 is 27.4 Å². The molecule has 0 radical (unpaired) electrons. The number of nitrogens with one attached hydrogen (secondary N) is 2. The lowest BCUT2D eigenvalue weighted by Gasteiger charge is -2.08. The summed E-state index contributed by atoms with van der Waals surface area (Å²) < 4.78 is 0.996. The van der Waals surface area contributed by atoms with E-state index >= 15 is 0 Å². The van der Waals surface area contributed by atoms with Gasteiger partial charge in [0.15, 0.2) is 5.82 Å². The van der Waals surface area contributed by atoms with Crippen molar-refractivity contribution in [3.63, 3.8) is 0 Å². The molecule has 0 saturated carbocycles. The molecular weight excluding hydrogens is 284 g/mol. The smallest absolute Gasteiger partial charge is 0.276 e. The predicted molar refractivity (Wildman–Crippen MR) is 70.7 cm³/mol. The van der Waals surface area contributed by atoms with Gasteiger partial charge < -0.3 is 16.0 Å². The van der Waals surface area contributed by atoms with E-state index in [0.717, 1.165) is 10.0 Å². The lowest BCUT2D eigenvalue weighted by Crippen LogP contribution is -2.16. The first-order valence-electron chi connectivity index (χ1n) is 4.99. The third-order valence-electron chi connectivity index (χ3n) is 2.29. The van der Waals surface area contributed by atoms with Crippen molar-refractivity contribution in [1.29, 1.82) is 0 Å². The molecule has 88 valence electrons. The van der Waals surface area contributed by atoms with Gasteiger partial charge in [0, 0.05) is 11.0 Å². The molecule has 1 heterocycles. The molecule has 0 bridgehead atoms. The van der Waals surface area contributed by atoms with Gasteiger partial charge in [0.25, 0.3) is 5.56 Å². The molecule has 0 aliphatic rings. The zero-order chi connectivity index (χ0) is 12.3. The van der Waals surface area contributed by atoms with Crippen LogP contribution < -0.4 is 16.6 Å². The van der Waals surface area contributed by atoms with Gasteiger partial charge in [0.05, 0.1) is 6.33 Å². The molecular formula is C11H11BrN4O. The molecule has 0 aliphatic carbocycles. The number of H-pyrrole nitrogens is 1. The molecule has 5 nitrogen and oxygen atoms in total. The Balaban J connectivity index is 2.16. The van der Waals surface area contributed by atoms with Gasteiger partial charge in [0.2, 0.25) is 0 Å². The summed E-state index contributed by atoms with van der Waals surface area (Å²) in [6.45, 7) is 0.544. The Morgan fingerprint density at radius 1 is 1.41 bits per heavy atom. The first-order valence-corrected chi connectivity index (χ1v) is 5.78. The summed E-state index contributed by atoms with van der Waals surface area (Å²) in [5.41, 5.74) is 6.43. The molecule has 1 aromatic heterocycles. The highest BCUT2D eigenvalue weighted by molar-refractivity contribution is 9.10. The van der Waals surface area contributed by atoms with E-state index in [1.54, 1.807) is 0 Å². The second-order valence-corrected chi connectivity index (χ2v) is 4.29. The molecule has 2 rings (SSSR count). The van der Waals surface area contributed by atoms with Crippen LogP contribution in [0.5, 0.6) is 0 Å². The topological polar surface area (TPSA) is 83.8 Å². The maximum absolute atomic E-state index is 11.2. The number of nitrogen functional groups attached to an aromatic ring is 1. The Labute approximate surface area is 106 Å². The lowest BCUT2D eigenvalue weighted by molar-refractivity contribution is 1.06. The number of nitrogens with two attached hydrogens (primary N) is 1. The number of halogens is 1. The zero-order valence-electron chi connectivity index (χ0n) is 8.90. The highest BCUT2D eigenvalue weighted by Crippen LogP contribution is 2.17. The van der Waals surface area contributed by atoms with Crippen molar-refractivity contribution in [2.45, 2.75) is 6.54 Å². The standard InChI is InChI=1S/C11H11BrN4O/c12-8-4-2-1-3-7(8)5-14-10-9(13)11(17)16-6-15-10/h1-4,6H,5,13H2,(H2,14,15,16,17). The van der Waals surface area contributed by atoms with Crippen LogP contribution in [-0.2, 0) is 6.54 Å². The summed E-state index contributed by atoms with van der Waals surface area (Å²) in [6.07, 6.45) is 1.32. The normalized spacial score (nSPS) is 10.2. The van der Waals surface area contributed by atoms with E-state index in [-0.39, 0.29) is 11.2 Å². The molecule has 6 heteroatoms. The van der Waals surface area contributed by atoms with Crippen LogP contribution in [0, 0.1) is 0 Å². The second-order valence-electron chi connectivity index (χ2n) is 3.44. The summed E-state index contributed by atoms with van der Waals surface area (Å²) in [4.78, 5) is 17.6. The average Bonchev–Trinajstić information content (AvgIpc) is 2.33. The molecule has 0 amide bonds. The molecule has 4 N–H and O–H groups in total.